The van der Waals surface area contributed by atoms with Gasteiger partial charge in [0.25, 0.3) is 0 Å². The summed E-state index contributed by atoms with van der Waals surface area (Å²) in [4.78, 5) is 11.3. The second kappa shape index (κ2) is 7.55. The van der Waals surface area contributed by atoms with Crippen molar-refractivity contribution in [1.29, 1.82) is 5.26 Å². The molecule has 1 rings (SSSR count). The Kier molecular flexibility index (Phi) is 6.04. The molecule has 0 spiro atoms. The number of nitrogens with one attached hydrogen (secondary N) is 1. The molecule has 0 atom stereocenters. The van der Waals surface area contributed by atoms with E-state index >= 15 is 0 Å². The van der Waals surface area contributed by atoms with Crippen LogP contribution in [0.4, 0.5) is 5.69 Å². The summed E-state index contributed by atoms with van der Waals surface area (Å²) in [6.07, 6.45) is 1.09. The average molecular weight is 260 g/mol. The van der Waals surface area contributed by atoms with Gasteiger partial charge in [-0.05, 0) is 45.4 Å². The van der Waals surface area contributed by atoms with Crippen molar-refractivity contribution in [2.24, 2.45) is 0 Å². The highest BCUT2D eigenvalue weighted by molar-refractivity contribution is 5.95. The lowest BCUT2D eigenvalue weighted by molar-refractivity contribution is 0.0787. The van der Waals surface area contributed by atoms with Crippen LogP contribution in [0.1, 0.15) is 43.1 Å². The summed E-state index contributed by atoms with van der Waals surface area (Å²) in [5.74, 6) is -0.00400. The van der Waals surface area contributed by atoms with Gasteiger partial charge in [0.15, 0.2) is 5.78 Å². The van der Waals surface area contributed by atoms with Gasteiger partial charge in [-0.2, -0.15) is 5.26 Å². The molecule has 0 radical (unpaired) electrons. The Balaban J connectivity index is 2.58. The van der Waals surface area contributed by atoms with Gasteiger partial charge in [-0.1, -0.05) is 0 Å². The highest BCUT2D eigenvalue weighted by Gasteiger charge is 2.06. The molecule has 0 aliphatic rings. The number of carbonyl (C=O) groups excluding carboxylic acids is 1. The van der Waals surface area contributed by atoms with Gasteiger partial charge < -0.3 is 10.1 Å². The Hall–Kier alpha value is -1.86. The maximum absolute atomic E-state index is 11.3. The monoisotopic (exact) mass is 260 g/mol. The molecule has 4 heteroatoms. The Morgan fingerprint density at radius 2 is 2.21 bits per heavy atom. The van der Waals surface area contributed by atoms with Gasteiger partial charge in [0.05, 0.1) is 17.4 Å². The normalized spacial score (nSPS) is 10.3. The van der Waals surface area contributed by atoms with E-state index in [9.17, 15) is 4.79 Å². The summed E-state index contributed by atoms with van der Waals surface area (Å²) in [5, 5.41) is 12.2. The minimum Gasteiger partial charge on any atom is -0.384 e. The highest BCUT2D eigenvalue weighted by Crippen LogP contribution is 2.17. The maximum atomic E-state index is 11.3. The van der Waals surface area contributed by atoms with Gasteiger partial charge in [0.2, 0.25) is 0 Å². The number of ketones is 1. The summed E-state index contributed by atoms with van der Waals surface area (Å²) in [5.41, 5.74) is 1.87. The van der Waals surface area contributed by atoms with E-state index < -0.39 is 0 Å². The number of hydrogen-bond donors (Lipinski definition) is 1. The number of nitrogens with zero attached hydrogens (tertiary/aromatic N) is 1. The molecule has 0 saturated heterocycles. The van der Waals surface area contributed by atoms with E-state index in [1.165, 1.54) is 6.92 Å². The van der Waals surface area contributed by atoms with Crippen molar-refractivity contribution in [2.45, 2.75) is 33.3 Å². The van der Waals surface area contributed by atoms with Crippen LogP contribution in [0.15, 0.2) is 18.2 Å². The Morgan fingerprint density at radius 1 is 1.47 bits per heavy atom. The fourth-order valence-electron chi connectivity index (χ4n) is 1.62. The number of nitriles is 1. The molecule has 102 valence electrons. The average Bonchev–Trinajstić information content (AvgIpc) is 2.37. The number of carbonyl (C=O) groups is 1. The summed E-state index contributed by atoms with van der Waals surface area (Å²) < 4.78 is 5.44. The fourth-order valence-corrected chi connectivity index (χ4v) is 1.62. The fraction of sp³-hybridized carbons (Fsp3) is 0.467. The molecule has 0 saturated carbocycles. The molecule has 19 heavy (non-hydrogen) atoms. The lowest BCUT2D eigenvalue weighted by Crippen LogP contribution is -2.10. The standard InChI is InChI=1S/C15H20N2O2/c1-11(2)19-8-4-7-17-15-9-13(12(3)18)5-6-14(15)10-16/h5-6,9,11,17H,4,7-8H2,1-3H3. The van der Waals surface area contributed by atoms with Crippen LogP contribution in [0.3, 0.4) is 0 Å². The minimum absolute atomic E-state index is 0.00400. The molecule has 0 aliphatic carbocycles. The molecule has 0 fully saturated rings. The van der Waals surface area contributed by atoms with Crippen molar-refractivity contribution in [3.63, 3.8) is 0 Å². The van der Waals surface area contributed by atoms with Crippen molar-refractivity contribution in [1.82, 2.24) is 0 Å². The zero-order valence-electron chi connectivity index (χ0n) is 11.7. The summed E-state index contributed by atoms with van der Waals surface area (Å²) >= 11 is 0. The van der Waals surface area contributed by atoms with E-state index in [-0.39, 0.29) is 11.9 Å². The van der Waals surface area contributed by atoms with E-state index in [0.717, 1.165) is 6.42 Å². The second-order valence-corrected chi connectivity index (χ2v) is 4.63. The molecule has 1 aromatic rings. The predicted molar refractivity (Wildman–Crippen MR) is 75.4 cm³/mol. The maximum Gasteiger partial charge on any atom is 0.159 e. The molecule has 0 aromatic heterocycles. The van der Waals surface area contributed by atoms with E-state index in [4.69, 9.17) is 10.00 Å². The Morgan fingerprint density at radius 3 is 2.79 bits per heavy atom. The zero-order valence-corrected chi connectivity index (χ0v) is 11.7. The first-order chi connectivity index (χ1) is 9.04. The lowest BCUT2D eigenvalue weighted by atomic mass is 10.1. The lowest BCUT2D eigenvalue weighted by Gasteiger charge is -2.11. The SMILES string of the molecule is CC(=O)c1ccc(C#N)c(NCCCOC(C)C)c1. The van der Waals surface area contributed by atoms with Crippen molar-refractivity contribution in [2.75, 3.05) is 18.5 Å². The van der Waals surface area contributed by atoms with Crippen LogP contribution in [0, 0.1) is 11.3 Å². The molecule has 0 aliphatic heterocycles. The van der Waals surface area contributed by atoms with Crippen LogP contribution < -0.4 is 5.32 Å². The molecular weight excluding hydrogens is 240 g/mol. The smallest absolute Gasteiger partial charge is 0.159 e. The molecule has 4 nitrogen and oxygen atoms in total. The molecule has 0 heterocycles. The molecule has 1 aromatic carbocycles. The van der Waals surface area contributed by atoms with Crippen LogP contribution >= 0.6 is 0 Å². The summed E-state index contributed by atoms with van der Waals surface area (Å²) in [7, 11) is 0. The van der Waals surface area contributed by atoms with Crippen molar-refractivity contribution in [3.05, 3.63) is 29.3 Å². The van der Waals surface area contributed by atoms with E-state index in [1.54, 1.807) is 18.2 Å². The summed E-state index contributed by atoms with van der Waals surface area (Å²) in [6.45, 7) is 6.90. The van der Waals surface area contributed by atoms with Gasteiger partial charge in [-0.25, -0.2) is 0 Å². The van der Waals surface area contributed by atoms with Crippen molar-refractivity contribution < 1.29 is 9.53 Å². The van der Waals surface area contributed by atoms with Crippen LogP contribution in [0.25, 0.3) is 0 Å². The van der Waals surface area contributed by atoms with Crippen LogP contribution in [-0.4, -0.2) is 25.0 Å². The quantitative estimate of drug-likeness (QED) is 0.604. The van der Waals surface area contributed by atoms with Gasteiger partial charge in [-0.3, -0.25) is 4.79 Å². The van der Waals surface area contributed by atoms with Crippen molar-refractivity contribution >= 4 is 11.5 Å². The molecule has 0 amide bonds. The molecular formula is C15H20N2O2. The first kappa shape index (κ1) is 15.2. The van der Waals surface area contributed by atoms with Gasteiger partial charge in [0.1, 0.15) is 6.07 Å². The Labute approximate surface area is 114 Å². The number of ether oxygens (including phenoxy) is 1. The zero-order chi connectivity index (χ0) is 14.3. The first-order valence-corrected chi connectivity index (χ1v) is 6.45. The number of Topliss-reactive ketones (excluding diaryl/α,β-unsaturated/α-hetero) is 1. The number of hydrogen-bond acceptors (Lipinski definition) is 4. The third-order valence-electron chi connectivity index (χ3n) is 2.63. The van der Waals surface area contributed by atoms with Crippen LogP contribution in [-0.2, 0) is 4.74 Å². The van der Waals surface area contributed by atoms with Gasteiger partial charge in [0, 0.05) is 18.7 Å². The van der Waals surface area contributed by atoms with Gasteiger partial charge in [-0.15, -0.1) is 0 Å². The number of benzene rings is 1. The molecule has 1 N–H and O–H groups in total. The van der Waals surface area contributed by atoms with Crippen LogP contribution in [0.2, 0.25) is 0 Å². The first-order valence-electron chi connectivity index (χ1n) is 6.45. The van der Waals surface area contributed by atoms with E-state index in [0.29, 0.717) is 30.0 Å². The highest BCUT2D eigenvalue weighted by atomic mass is 16.5. The third kappa shape index (κ3) is 5.11. The second-order valence-electron chi connectivity index (χ2n) is 4.63. The largest absolute Gasteiger partial charge is 0.384 e. The van der Waals surface area contributed by atoms with Crippen molar-refractivity contribution in [3.8, 4) is 6.07 Å². The van der Waals surface area contributed by atoms with Crippen LogP contribution in [0.5, 0.6) is 0 Å². The molecule has 0 unspecified atom stereocenters. The third-order valence-corrected chi connectivity index (χ3v) is 2.63. The minimum atomic E-state index is -0.00400. The predicted octanol–water partition coefficient (Wildman–Crippen LogP) is 2.99. The topological polar surface area (TPSA) is 62.1 Å². The number of anilines is 1. The summed E-state index contributed by atoms with van der Waals surface area (Å²) in [6, 6.07) is 7.19. The van der Waals surface area contributed by atoms with E-state index in [2.05, 4.69) is 11.4 Å². The van der Waals surface area contributed by atoms with Gasteiger partial charge >= 0.3 is 0 Å². The van der Waals surface area contributed by atoms with E-state index in [1.807, 2.05) is 13.8 Å². The molecule has 0 bridgehead atoms. The number of rotatable bonds is 7. The Bertz CT molecular complexity index is 476.